The van der Waals surface area contributed by atoms with E-state index in [1.807, 2.05) is 18.3 Å². The maximum Gasteiger partial charge on any atom is 0.142 e. The van der Waals surface area contributed by atoms with E-state index < -0.39 is 0 Å². The molecule has 6 nitrogen and oxygen atoms in total. The summed E-state index contributed by atoms with van der Waals surface area (Å²) in [5, 5.41) is 3.46. The van der Waals surface area contributed by atoms with Gasteiger partial charge in [0.05, 0.1) is 18.8 Å². The van der Waals surface area contributed by atoms with Crippen LogP contribution in [0.15, 0.2) is 22.2 Å². The minimum absolute atomic E-state index is 0.507. The van der Waals surface area contributed by atoms with Crippen molar-refractivity contribution >= 4 is 11.9 Å². The summed E-state index contributed by atoms with van der Waals surface area (Å²) in [6.07, 6.45) is 3.49. The molecule has 2 N–H and O–H groups in total. The summed E-state index contributed by atoms with van der Waals surface area (Å²) in [7, 11) is 0. The number of aliphatic imine (C=N–C) groups is 1. The molecule has 0 atom stereocenters. The fourth-order valence-electron chi connectivity index (χ4n) is 1.79. The van der Waals surface area contributed by atoms with Gasteiger partial charge in [0.15, 0.2) is 0 Å². The molecular weight excluding hydrogens is 230 g/mol. The van der Waals surface area contributed by atoms with Gasteiger partial charge in [0.25, 0.3) is 0 Å². The number of ether oxygens (including phenoxy) is 1. The quantitative estimate of drug-likeness (QED) is 0.274. The molecule has 0 aliphatic carbocycles. The van der Waals surface area contributed by atoms with Gasteiger partial charge < -0.3 is 10.5 Å². The summed E-state index contributed by atoms with van der Waals surface area (Å²) in [5.41, 5.74) is 16.9. The first-order valence-corrected chi connectivity index (χ1v) is 5.87. The Balaban J connectivity index is 1.85. The molecule has 6 heteroatoms. The molecule has 1 aliphatic heterocycles. The second-order valence-corrected chi connectivity index (χ2v) is 4.07. The molecule has 94 valence electrons. The third kappa shape index (κ3) is 2.93. The lowest BCUT2D eigenvalue weighted by molar-refractivity contribution is 0.309. The zero-order valence-electron chi connectivity index (χ0n) is 10.0. The van der Waals surface area contributed by atoms with Crippen LogP contribution < -0.4 is 10.5 Å². The Bertz CT molecular complexity index is 505. The molecule has 0 saturated carbocycles. The fraction of sp³-hybridized carbons (Fsp3) is 0.417. The highest BCUT2D eigenvalue weighted by Gasteiger charge is 2.10. The molecule has 1 aromatic carbocycles. The van der Waals surface area contributed by atoms with Gasteiger partial charge in [-0.15, -0.1) is 0 Å². The normalized spacial score (nSPS) is 12.0. The van der Waals surface area contributed by atoms with Crippen molar-refractivity contribution in [2.75, 3.05) is 18.9 Å². The van der Waals surface area contributed by atoms with Gasteiger partial charge in [-0.3, -0.25) is 4.99 Å². The minimum Gasteiger partial charge on any atom is -0.491 e. The lowest BCUT2D eigenvalue weighted by Crippen LogP contribution is -2.02. The molecular formula is C12H15N5O. The Labute approximate surface area is 105 Å². The Morgan fingerprint density at radius 1 is 1.44 bits per heavy atom. The molecule has 1 aromatic rings. The van der Waals surface area contributed by atoms with Gasteiger partial charge in [-0.05, 0) is 41.6 Å². The number of nitrogens with zero attached hydrogens (tertiary/aromatic N) is 4. The predicted octanol–water partition coefficient (Wildman–Crippen LogP) is 2.67. The molecule has 1 aliphatic rings. The summed E-state index contributed by atoms with van der Waals surface area (Å²) < 4.78 is 5.63. The monoisotopic (exact) mass is 245 g/mol. The first-order valence-electron chi connectivity index (χ1n) is 5.87. The van der Waals surface area contributed by atoms with Gasteiger partial charge in [-0.25, -0.2) is 0 Å². The van der Waals surface area contributed by atoms with Crippen LogP contribution in [-0.4, -0.2) is 19.4 Å². The number of anilines is 1. The molecule has 0 fully saturated rings. The SMILES string of the molecule is [N-]=[N+]=NCCCCOc1cc2c(cc1N)C=NC2. The molecule has 18 heavy (non-hydrogen) atoms. The topological polar surface area (TPSA) is 96.4 Å². The minimum atomic E-state index is 0.507. The molecule has 1 heterocycles. The second-order valence-electron chi connectivity index (χ2n) is 4.07. The molecule has 2 rings (SSSR count). The molecule has 0 aromatic heterocycles. The van der Waals surface area contributed by atoms with Crippen LogP contribution in [0.1, 0.15) is 24.0 Å². The molecule has 0 saturated heterocycles. The maximum atomic E-state index is 8.13. The van der Waals surface area contributed by atoms with Crippen molar-refractivity contribution in [1.82, 2.24) is 0 Å². The summed E-state index contributed by atoms with van der Waals surface area (Å²) in [4.78, 5) is 6.88. The largest absolute Gasteiger partial charge is 0.491 e. The molecule has 0 bridgehead atoms. The van der Waals surface area contributed by atoms with Crippen molar-refractivity contribution in [1.29, 1.82) is 0 Å². The first kappa shape index (κ1) is 12.3. The van der Waals surface area contributed by atoms with Gasteiger partial charge in [-0.1, -0.05) is 5.11 Å². The summed E-state index contributed by atoms with van der Waals surface area (Å²) in [5.74, 6) is 0.711. The van der Waals surface area contributed by atoms with E-state index in [0.717, 1.165) is 24.0 Å². The van der Waals surface area contributed by atoms with Gasteiger partial charge in [-0.2, -0.15) is 0 Å². The number of unbranched alkanes of at least 4 members (excludes halogenated alkanes) is 1. The highest BCUT2D eigenvalue weighted by atomic mass is 16.5. The predicted molar refractivity (Wildman–Crippen MR) is 70.9 cm³/mol. The molecule has 0 spiro atoms. The first-order chi connectivity index (χ1) is 8.81. The van der Waals surface area contributed by atoms with Gasteiger partial charge in [0.1, 0.15) is 5.75 Å². The average Bonchev–Trinajstić information content (AvgIpc) is 2.80. The lowest BCUT2D eigenvalue weighted by Gasteiger charge is -2.10. The number of hydrogen-bond acceptors (Lipinski definition) is 4. The third-order valence-corrected chi connectivity index (χ3v) is 2.74. The maximum absolute atomic E-state index is 8.13. The van der Waals surface area contributed by atoms with Crippen LogP contribution in [0.5, 0.6) is 5.75 Å². The Morgan fingerprint density at radius 2 is 2.33 bits per heavy atom. The number of nitrogens with two attached hydrogens (primary N) is 1. The zero-order valence-corrected chi connectivity index (χ0v) is 10.0. The van der Waals surface area contributed by atoms with E-state index in [1.54, 1.807) is 0 Å². The van der Waals surface area contributed by atoms with E-state index >= 15 is 0 Å². The number of fused-ring (bicyclic) bond motifs is 1. The van der Waals surface area contributed by atoms with E-state index in [1.165, 1.54) is 0 Å². The van der Waals surface area contributed by atoms with E-state index in [2.05, 4.69) is 15.0 Å². The second kappa shape index (κ2) is 5.93. The third-order valence-electron chi connectivity index (χ3n) is 2.74. The molecule has 0 amide bonds. The summed E-state index contributed by atoms with van der Waals surface area (Å²) >= 11 is 0. The van der Waals surface area contributed by atoms with Crippen molar-refractivity contribution in [3.05, 3.63) is 33.7 Å². The van der Waals surface area contributed by atoms with Crippen molar-refractivity contribution < 1.29 is 4.74 Å². The smallest absolute Gasteiger partial charge is 0.142 e. The van der Waals surface area contributed by atoms with E-state index in [-0.39, 0.29) is 0 Å². The van der Waals surface area contributed by atoms with Crippen molar-refractivity contribution in [3.63, 3.8) is 0 Å². The van der Waals surface area contributed by atoms with Gasteiger partial charge >= 0.3 is 0 Å². The number of rotatable bonds is 6. The number of azide groups is 1. The van der Waals surface area contributed by atoms with Crippen molar-refractivity contribution in [2.45, 2.75) is 19.4 Å². The standard InChI is InChI=1S/C12H15N5O/c13-11-5-9-7-15-8-10(9)6-12(11)18-4-2-1-3-16-17-14/h5-7H,1-4,8,13H2. The lowest BCUT2D eigenvalue weighted by atomic mass is 10.1. The molecule has 0 unspecified atom stereocenters. The fourth-order valence-corrected chi connectivity index (χ4v) is 1.79. The zero-order chi connectivity index (χ0) is 12.8. The van der Waals surface area contributed by atoms with Crippen LogP contribution in [0.2, 0.25) is 0 Å². The average molecular weight is 245 g/mol. The number of nitrogen functional groups attached to an aromatic ring is 1. The Morgan fingerprint density at radius 3 is 3.17 bits per heavy atom. The van der Waals surface area contributed by atoms with E-state index in [4.69, 9.17) is 16.0 Å². The molecule has 0 radical (unpaired) electrons. The van der Waals surface area contributed by atoms with Gasteiger partial charge in [0.2, 0.25) is 0 Å². The van der Waals surface area contributed by atoms with Gasteiger partial charge in [0, 0.05) is 17.7 Å². The number of hydrogen-bond donors (Lipinski definition) is 1. The number of benzene rings is 1. The summed E-state index contributed by atoms with van der Waals surface area (Å²) in [6.45, 7) is 1.78. The van der Waals surface area contributed by atoms with E-state index in [9.17, 15) is 0 Å². The van der Waals surface area contributed by atoms with E-state index in [0.29, 0.717) is 31.1 Å². The van der Waals surface area contributed by atoms with Crippen LogP contribution in [0.3, 0.4) is 0 Å². The Hall–Kier alpha value is -2.20. The highest BCUT2D eigenvalue weighted by Crippen LogP contribution is 2.28. The van der Waals surface area contributed by atoms with Crippen LogP contribution in [-0.2, 0) is 6.54 Å². The highest BCUT2D eigenvalue weighted by molar-refractivity contribution is 5.86. The van der Waals surface area contributed by atoms with Crippen LogP contribution >= 0.6 is 0 Å². The summed E-state index contributed by atoms with van der Waals surface area (Å²) in [6, 6.07) is 3.84. The van der Waals surface area contributed by atoms with Crippen LogP contribution in [0.25, 0.3) is 10.4 Å². The van der Waals surface area contributed by atoms with Crippen molar-refractivity contribution in [2.24, 2.45) is 10.1 Å². The van der Waals surface area contributed by atoms with Crippen molar-refractivity contribution in [3.8, 4) is 5.75 Å². The van der Waals surface area contributed by atoms with Crippen LogP contribution in [0.4, 0.5) is 5.69 Å². The van der Waals surface area contributed by atoms with Crippen LogP contribution in [0, 0.1) is 0 Å². The Kier molecular flexibility index (Phi) is 4.04.